The second-order valence-corrected chi connectivity index (χ2v) is 7.58. The summed E-state index contributed by atoms with van der Waals surface area (Å²) in [5, 5.41) is 12.9. The van der Waals surface area contributed by atoms with Gasteiger partial charge < -0.3 is 10.2 Å². The number of nitrogens with zero attached hydrogens (tertiary/aromatic N) is 3. The van der Waals surface area contributed by atoms with Gasteiger partial charge in [-0.2, -0.15) is 0 Å². The maximum Gasteiger partial charge on any atom is 0.274 e. The topological polar surface area (TPSA) is 58.1 Å². The van der Waals surface area contributed by atoms with E-state index in [9.17, 15) is 4.79 Å². The van der Waals surface area contributed by atoms with E-state index in [-0.39, 0.29) is 5.91 Å². The highest BCUT2D eigenvalue weighted by Crippen LogP contribution is 2.31. The van der Waals surface area contributed by atoms with E-state index < -0.39 is 0 Å². The number of carbonyl (C=O) groups is 1. The van der Waals surface area contributed by atoms with Gasteiger partial charge in [0, 0.05) is 18.0 Å². The van der Waals surface area contributed by atoms with Crippen molar-refractivity contribution in [3.05, 3.63) is 47.1 Å². The summed E-state index contributed by atoms with van der Waals surface area (Å²) in [6.07, 6.45) is 2.19. The van der Waals surface area contributed by atoms with Crippen LogP contribution in [0.25, 0.3) is 0 Å². The Morgan fingerprint density at radius 2 is 2.16 bits per heavy atom. The van der Waals surface area contributed by atoms with Gasteiger partial charge in [-0.3, -0.25) is 4.79 Å². The molecule has 1 fully saturated rings. The van der Waals surface area contributed by atoms with Gasteiger partial charge in [0.2, 0.25) is 0 Å². The fraction of sp³-hybridized carbons (Fsp3) is 0.389. The van der Waals surface area contributed by atoms with Crippen molar-refractivity contribution in [3.63, 3.8) is 0 Å². The molecule has 0 radical (unpaired) electrons. The Hall–Kier alpha value is -1.63. The summed E-state index contributed by atoms with van der Waals surface area (Å²) < 4.78 is 0. The van der Waals surface area contributed by atoms with E-state index in [1.165, 1.54) is 11.8 Å². The summed E-state index contributed by atoms with van der Waals surface area (Å²) in [6.45, 7) is 2.50. The first-order valence-corrected chi connectivity index (χ1v) is 9.57. The third-order valence-electron chi connectivity index (χ3n) is 4.21. The minimum absolute atomic E-state index is 0.0393. The normalized spacial score (nSPS) is 17.5. The minimum Gasteiger partial charge on any atom is -0.337 e. The lowest BCUT2D eigenvalue weighted by atomic mass is 9.98. The predicted octanol–water partition coefficient (Wildman–Crippen LogP) is 3.35. The summed E-state index contributed by atoms with van der Waals surface area (Å²) in [4.78, 5) is 15.5. The van der Waals surface area contributed by atoms with E-state index in [2.05, 4.69) is 15.5 Å². The molecule has 1 atom stereocenters. The number of amides is 1. The number of halogens is 1. The molecule has 1 aromatic carbocycles. The van der Waals surface area contributed by atoms with Crippen molar-refractivity contribution in [2.24, 2.45) is 5.92 Å². The number of nitrogens with one attached hydrogen (secondary N) is 1. The van der Waals surface area contributed by atoms with Gasteiger partial charge in [-0.25, -0.2) is 0 Å². The van der Waals surface area contributed by atoms with E-state index in [0.29, 0.717) is 16.6 Å². The third kappa shape index (κ3) is 4.71. The molecule has 3 rings (SSSR count). The highest BCUT2D eigenvalue weighted by Gasteiger charge is 2.25. The first kappa shape index (κ1) is 18.2. The average molecular weight is 377 g/mol. The molecule has 1 aliphatic heterocycles. The van der Waals surface area contributed by atoms with Crippen molar-refractivity contribution in [1.82, 2.24) is 20.4 Å². The Morgan fingerprint density at radius 3 is 2.88 bits per heavy atom. The monoisotopic (exact) mass is 376 g/mol. The molecule has 1 unspecified atom stereocenters. The molecule has 0 bridgehead atoms. The Balaban J connectivity index is 1.65. The molecule has 0 spiro atoms. The van der Waals surface area contributed by atoms with E-state index in [4.69, 9.17) is 11.6 Å². The van der Waals surface area contributed by atoms with Gasteiger partial charge in [-0.05, 0) is 56.6 Å². The molecule has 1 amide bonds. The van der Waals surface area contributed by atoms with Crippen molar-refractivity contribution >= 4 is 29.3 Å². The van der Waals surface area contributed by atoms with Crippen molar-refractivity contribution in [3.8, 4) is 0 Å². The number of benzene rings is 1. The van der Waals surface area contributed by atoms with Crippen LogP contribution in [0.15, 0.2) is 46.3 Å². The number of carbonyl (C=O) groups excluding carboxylic acids is 1. The highest BCUT2D eigenvalue weighted by molar-refractivity contribution is 7.99. The molecule has 0 aliphatic carbocycles. The smallest absolute Gasteiger partial charge is 0.274 e. The predicted molar refractivity (Wildman–Crippen MR) is 100 cm³/mol. The van der Waals surface area contributed by atoms with Crippen LogP contribution in [0.2, 0.25) is 5.02 Å². The van der Waals surface area contributed by atoms with Gasteiger partial charge in [-0.15, -0.1) is 10.2 Å². The van der Waals surface area contributed by atoms with Gasteiger partial charge in [0.05, 0.1) is 5.02 Å². The van der Waals surface area contributed by atoms with Crippen LogP contribution in [0, 0.1) is 5.92 Å². The van der Waals surface area contributed by atoms with Crippen LogP contribution in [0.3, 0.4) is 0 Å². The SMILES string of the molecule is CNCC1CCCN(C(=O)c2ccc(Sc3ccccc3Cl)nn2)C1. The lowest BCUT2D eigenvalue weighted by Crippen LogP contribution is -2.42. The third-order valence-corrected chi connectivity index (χ3v) is 5.65. The first-order chi connectivity index (χ1) is 12.2. The molecule has 2 aromatic rings. The second kappa shape index (κ2) is 8.65. The summed E-state index contributed by atoms with van der Waals surface area (Å²) in [5.74, 6) is 0.466. The average Bonchev–Trinajstić information content (AvgIpc) is 2.64. The minimum atomic E-state index is -0.0393. The number of hydrogen-bond acceptors (Lipinski definition) is 5. The van der Waals surface area contributed by atoms with Crippen LogP contribution in [0.4, 0.5) is 0 Å². The first-order valence-electron chi connectivity index (χ1n) is 8.37. The van der Waals surface area contributed by atoms with Crippen LogP contribution < -0.4 is 5.32 Å². The van der Waals surface area contributed by atoms with Crippen LogP contribution >= 0.6 is 23.4 Å². The number of piperidine rings is 1. The van der Waals surface area contributed by atoms with Crippen molar-refractivity contribution < 1.29 is 4.79 Å². The zero-order valence-corrected chi connectivity index (χ0v) is 15.7. The number of rotatable bonds is 5. The molecule has 25 heavy (non-hydrogen) atoms. The van der Waals surface area contributed by atoms with E-state index in [1.807, 2.05) is 42.3 Å². The Bertz CT molecular complexity index is 723. The molecule has 1 aliphatic rings. The largest absolute Gasteiger partial charge is 0.337 e. The van der Waals surface area contributed by atoms with Crippen molar-refractivity contribution in [2.75, 3.05) is 26.7 Å². The van der Waals surface area contributed by atoms with Crippen LogP contribution in [0.1, 0.15) is 23.3 Å². The van der Waals surface area contributed by atoms with Gasteiger partial charge in [0.15, 0.2) is 5.69 Å². The van der Waals surface area contributed by atoms with Crippen LogP contribution in [0.5, 0.6) is 0 Å². The lowest BCUT2D eigenvalue weighted by molar-refractivity contribution is 0.0667. The summed E-state index contributed by atoms with van der Waals surface area (Å²) in [7, 11) is 1.95. The van der Waals surface area contributed by atoms with Crippen molar-refractivity contribution in [1.29, 1.82) is 0 Å². The molecule has 1 saturated heterocycles. The quantitative estimate of drug-likeness (QED) is 0.867. The van der Waals surface area contributed by atoms with E-state index >= 15 is 0 Å². The molecule has 1 aromatic heterocycles. The molecular weight excluding hydrogens is 356 g/mol. The molecule has 0 saturated carbocycles. The Kier molecular flexibility index (Phi) is 6.29. The molecule has 7 heteroatoms. The van der Waals surface area contributed by atoms with Crippen LogP contribution in [-0.2, 0) is 0 Å². The fourth-order valence-corrected chi connectivity index (χ4v) is 4.00. The molecule has 2 heterocycles. The number of aromatic nitrogens is 2. The van der Waals surface area contributed by atoms with Crippen molar-refractivity contribution in [2.45, 2.75) is 22.8 Å². The van der Waals surface area contributed by atoms with Gasteiger partial charge in [0.25, 0.3) is 5.91 Å². The highest BCUT2D eigenvalue weighted by atomic mass is 35.5. The van der Waals surface area contributed by atoms with Gasteiger partial charge in [0.1, 0.15) is 5.03 Å². The van der Waals surface area contributed by atoms with Gasteiger partial charge >= 0.3 is 0 Å². The summed E-state index contributed by atoms with van der Waals surface area (Å²) in [5.41, 5.74) is 0.397. The van der Waals surface area contributed by atoms with E-state index in [1.54, 1.807) is 6.07 Å². The standard InChI is InChI=1S/C18H21ClN4OS/c1-20-11-13-5-4-10-23(12-13)18(24)15-8-9-17(22-21-15)25-16-7-3-2-6-14(16)19/h2-3,6-9,13,20H,4-5,10-12H2,1H3. The fourth-order valence-electron chi connectivity index (χ4n) is 3.00. The van der Waals surface area contributed by atoms with Crippen LogP contribution in [-0.4, -0.2) is 47.7 Å². The van der Waals surface area contributed by atoms with Gasteiger partial charge in [-0.1, -0.05) is 35.5 Å². The molecule has 1 N–H and O–H groups in total. The van der Waals surface area contributed by atoms with E-state index in [0.717, 1.165) is 42.4 Å². The molecule has 5 nitrogen and oxygen atoms in total. The maximum absolute atomic E-state index is 12.6. The number of likely N-dealkylation sites (tertiary alicyclic amines) is 1. The molecule has 132 valence electrons. The second-order valence-electron chi connectivity index (χ2n) is 6.11. The summed E-state index contributed by atoms with van der Waals surface area (Å²) >= 11 is 7.60. The Labute approximate surface area is 157 Å². The number of hydrogen-bond donors (Lipinski definition) is 1. The molecular formula is C18H21ClN4OS. The summed E-state index contributed by atoms with van der Waals surface area (Å²) in [6, 6.07) is 11.2. The zero-order chi connectivity index (χ0) is 17.6. The Morgan fingerprint density at radius 1 is 1.32 bits per heavy atom. The maximum atomic E-state index is 12.6. The lowest BCUT2D eigenvalue weighted by Gasteiger charge is -2.32. The zero-order valence-electron chi connectivity index (χ0n) is 14.1.